The summed E-state index contributed by atoms with van der Waals surface area (Å²) in [5, 5.41) is 0.742. The molecule has 5 heteroatoms. The summed E-state index contributed by atoms with van der Waals surface area (Å²) < 4.78 is 0.995. The summed E-state index contributed by atoms with van der Waals surface area (Å²) in [6, 6.07) is 14.0. The Balaban J connectivity index is 1.99. The van der Waals surface area contributed by atoms with Gasteiger partial charge in [0.1, 0.15) is 0 Å². The number of amidine groups is 1. The van der Waals surface area contributed by atoms with Crippen LogP contribution < -0.4 is 0 Å². The standard InChI is InChI=1S/C20H19BrN2OS/c1-4-23-19(24)17(12-15-9-6-10-16(21)11-15)25-20(23)22-18-13(2)7-5-8-14(18)3/h5-12H,4H2,1-3H3/b17-12+,22-20?. The van der Waals surface area contributed by atoms with Crippen LogP contribution in [0.2, 0.25) is 0 Å². The SMILES string of the molecule is CCN1C(=O)/C(=C\c2cccc(Br)c2)SC1=Nc1c(C)cccc1C. The number of carbonyl (C=O) groups excluding carboxylic acids is 1. The van der Waals surface area contributed by atoms with Crippen molar-refractivity contribution in [2.75, 3.05) is 6.54 Å². The second-order valence-corrected chi connectivity index (χ2v) is 7.77. The summed E-state index contributed by atoms with van der Waals surface area (Å²) in [4.78, 5) is 20.0. The normalized spacial score (nSPS) is 17.8. The van der Waals surface area contributed by atoms with Crippen LogP contribution >= 0.6 is 27.7 Å². The molecule has 0 radical (unpaired) electrons. The first kappa shape index (κ1) is 18.0. The highest BCUT2D eigenvalue weighted by molar-refractivity contribution is 9.10. The molecule has 1 aliphatic heterocycles. The van der Waals surface area contributed by atoms with E-state index in [1.165, 1.54) is 11.8 Å². The summed E-state index contributed by atoms with van der Waals surface area (Å²) >= 11 is 4.91. The first-order valence-corrected chi connectivity index (χ1v) is 9.72. The fourth-order valence-electron chi connectivity index (χ4n) is 2.70. The quantitative estimate of drug-likeness (QED) is 0.604. The van der Waals surface area contributed by atoms with E-state index in [2.05, 4.69) is 15.9 Å². The van der Waals surface area contributed by atoms with Crippen molar-refractivity contribution in [1.29, 1.82) is 0 Å². The predicted molar refractivity (Wildman–Crippen MR) is 110 cm³/mol. The molecule has 0 spiro atoms. The molecule has 1 heterocycles. The molecule has 0 unspecified atom stereocenters. The van der Waals surface area contributed by atoms with Crippen molar-refractivity contribution in [3.8, 4) is 0 Å². The van der Waals surface area contributed by atoms with Gasteiger partial charge in [0.2, 0.25) is 0 Å². The zero-order chi connectivity index (χ0) is 18.0. The van der Waals surface area contributed by atoms with Gasteiger partial charge in [0.05, 0.1) is 10.6 Å². The van der Waals surface area contributed by atoms with Gasteiger partial charge < -0.3 is 0 Å². The summed E-state index contributed by atoms with van der Waals surface area (Å²) in [6.45, 7) is 6.66. The van der Waals surface area contributed by atoms with Gasteiger partial charge in [0.25, 0.3) is 5.91 Å². The topological polar surface area (TPSA) is 32.7 Å². The van der Waals surface area contributed by atoms with Crippen LogP contribution in [-0.2, 0) is 4.79 Å². The molecule has 0 bridgehead atoms. The number of rotatable bonds is 3. The fourth-order valence-corrected chi connectivity index (χ4v) is 4.16. The minimum atomic E-state index is 0.0115. The fraction of sp³-hybridized carbons (Fsp3) is 0.200. The van der Waals surface area contributed by atoms with Crippen LogP contribution in [0.3, 0.4) is 0 Å². The summed E-state index contributed by atoms with van der Waals surface area (Å²) in [6.07, 6.45) is 1.92. The first-order valence-electron chi connectivity index (χ1n) is 8.11. The lowest BCUT2D eigenvalue weighted by Gasteiger charge is -2.13. The minimum absolute atomic E-state index is 0.0115. The predicted octanol–water partition coefficient (Wildman–Crippen LogP) is 5.69. The Hall–Kier alpha value is -1.85. The number of hydrogen-bond acceptors (Lipinski definition) is 3. The second-order valence-electron chi connectivity index (χ2n) is 5.85. The largest absolute Gasteiger partial charge is 0.287 e. The molecule has 1 fully saturated rings. The van der Waals surface area contributed by atoms with E-state index in [1.54, 1.807) is 4.90 Å². The van der Waals surface area contributed by atoms with E-state index < -0.39 is 0 Å². The van der Waals surface area contributed by atoms with Crippen LogP contribution in [-0.4, -0.2) is 22.5 Å². The molecule has 0 aromatic heterocycles. The first-order chi connectivity index (χ1) is 12.0. The van der Waals surface area contributed by atoms with E-state index in [-0.39, 0.29) is 5.91 Å². The molecule has 0 atom stereocenters. The van der Waals surface area contributed by atoms with Crippen molar-refractivity contribution in [1.82, 2.24) is 4.90 Å². The van der Waals surface area contributed by atoms with Gasteiger partial charge in [0.15, 0.2) is 5.17 Å². The number of nitrogens with zero attached hydrogens (tertiary/aromatic N) is 2. The Kier molecular flexibility index (Phi) is 5.45. The Bertz CT molecular complexity index is 869. The zero-order valence-electron chi connectivity index (χ0n) is 14.4. The summed E-state index contributed by atoms with van der Waals surface area (Å²) in [5.41, 5.74) is 4.16. The highest BCUT2D eigenvalue weighted by Gasteiger charge is 2.32. The number of para-hydroxylation sites is 1. The van der Waals surface area contributed by atoms with Crippen molar-refractivity contribution in [2.24, 2.45) is 4.99 Å². The summed E-state index contributed by atoms with van der Waals surface area (Å²) in [5.74, 6) is 0.0115. The van der Waals surface area contributed by atoms with Crippen molar-refractivity contribution in [3.05, 3.63) is 68.5 Å². The van der Waals surface area contributed by atoms with Gasteiger partial charge in [-0.15, -0.1) is 0 Å². The molecule has 25 heavy (non-hydrogen) atoms. The van der Waals surface area contributed by atoms with Gasteiger partial charge in [-0.05, 0) is 67.4 Å². The smallest absolute Gasteiger partial charge is 0.266 e. The van der Waals surface area contributed by atoms with Crippen LogP contribution in [0.1, 0.15) is 23.6 Å². The number of amides is 1. The molecule has 128 valence electrons. The Morgan fingerprint density at radius 3 is 2.48 bits per heavy atom. The van der Waals surface area contributed by atoms with Gasteiger partial charge in [-0.1, -0.05) is 46.3 Å². The zero-order valence-corrected chi connectivity index (χ0v) is 16.8. The number of carbonyl (C=O) groups is 1. The molecule has 1 aliphatic rings. The van der Waals surface area contributed by atoms with E-state index >= 15 is 0 Å². The van der Waals surface area contributed by atoms with Crippen LogP contribution in [0.5, 0.6) is 0 Å². The maximum Gasteiger partial charge on any atom is 0.266 e. The van der Waals surface area contributed by atoms with Crippen LogP contribution in [0.4, 0.5) is 5.69 Å². The van der Waals surface area contributed by atoms with Crippen molar-refractivity contribution < 1.29 is 4.79 Å². The van der Waals surface area contributed by atoms with Crippen LogP contribution in [0.25, 0.3) is 6.08 Å². The maximum absolute atomic E-state index is 12.7. The molecule has 3 nitrogen and oxygen atoms in total. The molecule has 1 saturated heterocycles. The average Bonchev–Trinajstić information content (AvgIpc) is 2.86. The minimum Gasteiger partial charge on any atom is -0.287 e. The van der Waals surface area contributed by atoms with E-state index in [0.29, 0.717) is 11.4 Å². The van der Waals surface area contributed by atoms with Gasteiger partial charge in [-0.25, -0.2) is 4.99 Å². The number of hydrogen-bond donors (Lipinski definition) is 0. The third-order valence-electron chi connectivity index (χ3n) is 4.00. The Morgan fingerprint density at radius 2 is 1.84 bits per heavy atom. The highest BCUT2D eigenvalue weighted by atomic mass is 79.9. The number of thioether (sulfide) groups is 1. The molecule has 0 aliphatic carbocycles. The van der Waals surface area contributed by atoms with Gasteiger partial charge in [-0.3, -0.25) is 9.69 Å². The van der Waals surface area contributed by atoms with E-state index in [4.69, 9.17) is 4.99 Å². The second kappa shape index (κ2) is 7.58. The molecular weight excluding hydrogens is 396 g/mol. The van der Waals surface area contributed by atoms with E-state index in [1.807, 2.05) is 69.3 Å². The van der Waals surface area contributed by atoms with Crippen molar-refractivity contribution in [2.45, 2.75) is 20.8 Å². The number of aryl methyl sites for hydroxylation is 2. The van der Waals surface area contributed by atoms with Gasteiger partial charge in [0, 0.05) is 11.0 Å². The average molecular weight is 415 g/mol. The van der Waals surface area contributed by atoms with Crippen molar-refractivity contribution in [3.63, 3.8) is 0 Å². The van der Waals surface area contributed by atoms with Gasteiger partial charge >= 0.3 is 0 Å². The Labute approximate surface area is 161 Å². The number of likely N-dealkylation sites (N-methyl/N-ethyl adjacent to an activating group) is 1. The lowest BCUT2D eigenvalue weighted by molar-refractivity contribution is -0.122. The molecule has 0 N–H and O–H groups in total. The maximum atomic E-state index is 12.7. The third-order valence-corrected chi connectivity index (χ3v) is 5.50. The summed E-state index contributed by atoms with van der Waals surface area (Å²) in [7, 11) is 0. The molecule has 0 saturated carbocycles. The highest BCUT2D eigenvalue weighted by Crippen LogP contribution is 2.35. The van der Waals surface area contributed by atoms with E-state index in [9.17, 15) is 4.79 Å². The third kappa shape index (κ3) is 3.88. The molecular formula is C20H19BrN2OS. The van der Waals surface area contributed by atoms with Gasteiger partial charge in [-0.2, -0.15) is 0 Å². The lowest BCUT2D eigenvalue weighted by atomic mass is 10.1. The monoisotopic (exact) mass is 414 g/mol. The molecule has 1 amide bonds. The molecule has 2 aromatic carbocycles. The molecule has 3 rings (SSSR count). The number of aliphatic imine (C=N–C) groups is 1. The molecule has 2 aromatic rings. The number of halogens is 1. The number of benzene rings is 2. The van der Waals surface area contributed by atoms with Crippen LogP contribution in [0.15, 0.2) is 56.8 Å². The Morgan fingerprint density at radius 1 is 1.16 bits per heavy atom. The van der Waals surface area contributed by atoms with E-state index in [0.717, 1.165) is 32.0 Å². The lowest BCUT2D eigenvalue weighted by Crippen LogP contribution is -2.28. The van der Waals surface area contributed by atoms with Crippen LogP contribution in [0, 0.1) is 13.8 Å². The van der Waals surface area contributed by atoms with Crippen molar-refractivity contribution >= 4 is 50.5 Å².